The Morgan fingerprint density at radius 1 is 1.47 bits per heavy atom. The van der Waals surface area contributed by atoms with E-state index in [1.807, 2.05) is 12.3 Å². The molecule has 1 aromatic rings. The zero-order valence-electron chi connectivity index (χ0n) is 11.9. The quantitative estimate of drug-likeness (QED) is 0.546. The summed E-state index contributed by atoms with van der Waals surface area (Å²) in [5.41, 5.74) is 2.42. The van der Waals surface area contributed by atoms with E-state index in [-0.39, 0.29) is 0 Å². The fourth-order valence-corrected chi connectivity index (χ4v) is 2.22. The van der Waals surface area contributed by atoms with Crippen LogP contribution in [-0.2, 0) is 13.1 Å². The molecule has 0 bridgehead atoms. The number of hydrogen-bond donors (Lipinski definition) is 1. The third-order valence-electron chi connectivity index (χ3n) is 3.43. The summed E-state index contributed by atoms with van der Waals surface area (Å²) in [5, 5.41) is 3.40. The van der Waals surface area contributed by atoms with Gasteiger partial charge < -0.3 is 5.32 Å². The monoisotopic (exact) mass is 259 g/mol. The molecule has 0 aromatic carbocycles. The molecule has 1 aliphatic carbocycles. The SMILES string of the molecule is C=CCN(Cc1ccc(CNCCC)cn1)C1CC1. The molecule has 0 aliphatic heterocycles. The largest absolute Gasteiger partial charge is 0.313 e. The molecule has 1 aliphatic rings. The van der Waals surface area contributed by atoms with Crippen LogP contribution in [0, 0.1) is 0 Å². The van der Waals surface area contributed by atoms with Crippen LogP contribution in [0.1, 0.15) is 37.4 Å². The lowest BCUT2D eigenvalue weighted by Crippen LogP contribution is -2.26. The maximum absolute atomic E-state index is 4.57. The number of aromatic nitrogens is 1. The van der Waals surface area contributed by atoms with Gasteiger partial charge in [-0.1, -0.05) is 19.1 Å². The molecule has 1 fully saturated rings. The van der Waals surface area contributed by atoms with Gasteiger partial charge in [0.25, 0.3) is 0 Å². The summed E-state index contributed by atoms with van der Waals surface area (Å²) in [4.78, 5) is 7.04. The van der Waals surface area contributed by atoms with Crippen molar-refractivity contribution in [3.8, 4) is 0 Å². The van der Waals surface area contributed by atoms with E-state index >= 15 is 0 Å². The van der Waals surface area contributed by atoms with Crippen LogP contribution in [0.25, 0.3) is 0 Å². The molecule has 3 heteroatoms. The van der Waals surface area contributed by atoms with Crippen LogP contribution in [0.4, 0.5) is 0 Å². The number of hydrogen-bond acceptors (Lipinski definition) is 3. The van der Waals surface area contributed by atoms with Gasteiger partial charge in [0.15, 0.2) is 0 Å². The molecule has 0 amide bonds. The highest BCUT2D eigenvalue weighted by atomic mass is 15.2. The number of nitrogens with one attached hydrogen (secondary N) is 1. The highest BCUT2D eigenvalue weighted by molar-refractivity contribution is 5.14. The maximum Gasteiger partial charge on any atom is 0.0544 e. The number of rotatable bonds is 9. The summed E-state index contributed by atoms with van der Waals surface area (Å²) < 4.78 is 0. The Balaban J connectivity index is 1.84. The minimum Gasteiger partial charge on any atom is -0.313 e. The Bertz CT molecular complexity index is 381. The highest BCUT2D eigenvalue weighted by Crippen LogP contribution is 2.27. The van der Waals surface area contributed by atoms with Crippen molar-refractivity contribution >= 4 is 0 Å². The smallest absolute Gasteiger partial charge is 0.0544 e. The minimum absolute atomic E-state index is 0.755. The molecule has 104 valence electrons. The maximum atomic E-state index is 4.57. The standard InChI is InChI=1S/C16H25N3/c1-3-9-17-11-14-5-6-15(18-12-14)13-19(10-4-2)16-7-8-16/h4-6,12,16-17H,2-3,7-11,13H2,1H3. The first kappa shape index (κ1) is 14.2. The van der Waals surface area contributed by atoms with Crippen LogP contribution in [0.3, 0.4) is 0 Å². The molecule has 0 unspecified atom stereocenters. The van der Waals surface area contributed by atoms with Gasteiger partial charge in [0, 0.05) is 31.9 Å². The third kappa shape index (κ3) is 4.77. The van der Waals surface area contributed by atoms with Crippen LogP contribution < -0.4 is 5.32 Å². The van der Waals surface area contributed by atoms with Gasteiger partial charge in [0.2, 0.25) is 0 Å². The first-order valence-corrected chi connectivity index (χ1v) is 7.33. The van der Waals surface area contributed by atoms with Crippen LogP contribution in [0.2, 0.25) is 0 Å². The Kier molecular flexibility index (Phi) is 5.55. The van der Waals surface area contributed by atoms with E-state index in [0.717, 1.165) is 37.9 Å². The number of pyridine rings is 1. The Hall–Kier alpha value is -1.19. The predicted octanol–water partition coefficient (Wildman–Crippen LogP) is 2.73. The first-order valence-electron chi connectivity index (χ1n) is 7.33. The summed E-state index contributed by atoms with van der Waals surface area (Å²) in [5.74, 6) is 0. The molecule has 1 heterocycles. The fourth-order valence-electron chi connectivity index (χ4n) is 2.22. The van der Waals surface area contributed by atoms with Crippen LogP contribution in [0.5, 0.6) is 0 Å². The zero-order chi connectivity index (χ0) is 13.5. The summed E-state index contributed by atoms with van der Waals surface area (Å²) >= 11 is 0. The van der Waals surface area contributed by atoms with Gasteiger partial charge in [0.1, 0.15) is 0 Å². The van der Waals surface area contributed by atoms with Gasteiger partial charge in [-0.15, -0.1) is 6.58 Å². The van der Waals surface area contributed by atoms with Crippen LogP contribution >= 0.6 is 0 Å². The lowest BCUT2D eigenvalue weighted by atomic mass is 10.2. The van der Waals surface area contributed by atoms with E-state index in [1.54, 1.807) is 0 Å². The van der Waals surface area contributed by atoms with Crippen molar-refractivity contribution in [2.24, 2.45) is 0 Å². The average Bonchev–Trinajstić information content (AvgIpc) is 3.25. The second-order valence-corrected chi connectivity index (χ2v) is 5.28. The average molecular weight is 259 g/mol. The number of nitrogens with zero attached hydrogens (tertiary/aromatic N) is 2. The molecule has 3 nitrogen and oxygen atoms in total. The first-order chi connectivity index (χ1) is 9.33. The Labute approximate surface area is 116 Å². The molecule has 19 heavy (non-hydrogen) atoms. The normalized spacial score (nSPS) is 14.8. The van der Waals surface area contributed by atoms with E-state index in [9.17, 15) is 0 Å². The lowest BCUT2D eigenvalue weighted by Gasteiger charge is -2.19. The predicted molar refractivity (Wildman–Crippen MR) is 79.9 cm³/mol. The van der Waals surface area contributed by atoms with Gasteiger partial charge in [0.05, 0.1) is 5.69 Å². The minimum atomic E-state index is 0.755. The molecule has 2 rings (SSSR count). The van der Waals surface area contributed by atoms with Crippen molar-refractivity contribution in [2.75, 3.05) is 13.1 Å². The van der Waals surface area contributed by atoms with Gasteiger partial charge in [-0.25, -0.2) is 0 Å². The van der Waals surface area contributed by atoms with Crippen molar-refractivity contribution in [1.82, 2.24) is 15.2 Å². The molecule has 0 saturated heterocycles. The topological polar surface area (TPSA) is 28.2 Å². The zero-order valence-corrected chi connectivity index (χ0v) is 11.9. The highest BCUT2D eigenvalue weighted by Gasteiger charge is 2.28. The van der Waals surface area contributed by atoms with Gasteiger partial charge in [-0.2, -0.15) is 0 Å². The molecule has 0 spiro atoms. The van der Waals surface area contributed by atoms with Crippen molar-refractivity contribution in [3.63, 3.8) is 0 Å². The van der Waals surface area contributed by atoms with Crippen molar-refractivity contribution < 1.29 is 0 Å². The molecular weight excluding hydrogens is 234 g/mol. The van der Waals surface area contributed by atoms with Gasteiger partial charge >= 0.3 is 0 Å². The summed E-state index contributed by atoms with van der Waals surface area (Å²) in [6.45, 7) is 9.91. The fraction of sp³-hybridized carbons (Fsp3) is 0.562. The summed E-state index contributed by atoms with van der Waals surface area (Å²) in [7, 11) is 0. The van der Waals surface area contributed by atoms with E-state index in [2.05, 4.69) is 40.8 Å². The van der Waals surface area contributed by atoms with E-state index in [1.165, 1.54) is 24.8 Å². The Morgan fingerprint density at radius 3 is 2.89 bits per heavy atom. The molecular formula is C16H25N3. The van der Waals surface area contributed by atoms with Gasteiger partial charge in [-0.05, 0) is 37.4 Å². The van der Waals surface area contributed by atoms with Gasteiger partial charge in [-0.3, -0.25) is 9.88 Å². The van der Waals surface area contributed by atoms with Crippen molar-refractivity contribution in [3.05, 3.63) is 42.2 Å². The lowest BCUT2D eigenvalue weighted by molar-refractivity contribution is 0.280. The molecule has 0 atom stereocenters. The van der Waals surface area contributed by atoms with Crippen LogP contribution in [0.15, 0.2) is 31.0 Å². The van der Waals surface area contributed by atoms with E-state index in [0.29, 0.717) is 0 Å². The second kappa shape index (κ2) is 7.41. The molecule has 1 saturated carbocycles. The molecule has 1 N–H and O–H groups in total. The third-order valence-corrected chi connectivity index (χ3v) is 3.43. The van der Waals surface area contributed by atoms with E-state index < -0.39 is 0 Å². The molecule has 0 radical (unpaired) electrons. The summed E-state index contributed by atoms with van der Waals surface area (Å²) in [6, 6.07) is 5.09. The Morgan fingerprint density at radius 2 is 2.32 bits per heavy atom. The molecule has 1 aromatic heterocycles. The van der Waals surface area contributed by atoms with E-state index in [4.69, 9.17) is 0 Å². The second-order valence-electron chi connectivity index (χ2n) is 5.28. The van der Waals surface area contributed by atoms with Crippen molar-refractivity contribution in [1.29, 1.82) is 0 Å². The summed E-state index contributed by atoms with van der Waals surface area (Å²) in [6.07, 6.45) is 7.81. The van der Waals surface area contributed by atoms with Crippen molar-refractivity contribution in [2.45, 2.75) is 45.3 Å². The van der Waals surface area contributed by atoms with Crippen LogP contribution in [-0.4, -0.2) is 29.0 Å².